The van der Waals surface area contributed by atoms with E-state index in [1.54, 1.807) is 0 Å². The van der Waals surface area contributed by atoms with Crippen LogP contribution in [-0.4, -0.2) is 8.07 Å². The maximum atomic E-state index is 3.03. The Kier molecular flexibility index (Phi) is 2.50. The topological polar surface area (TPSA) is 0 Å². The number of rotatable bonds is 2. The molecule has 1 aromatic carbocycles. The highest BCUT2D eigenvalue weighted by Gasteiger charge is 2.12. The molecule has 0 saturated carbocycles. The third-order valence-electron chi connectivity index (χ3n) is 1.52. The SMILES string of the molecule is C[Si](C)(C)Cc1cc[c]cc1. The molecular weight excluding hydrogens is 148 g/mol. The van der Waals surface area contributed by atoms with Gasteiger partial charge in [0.1, 0.15) is 0 Å². The zero-order chi connectivity index (χ0) is 8.32. The number of benzene rings is 1. The summed E-state index contributed by atoms with van der Waals surface area (Å²) in [6.07, 6.45) is 0. The molecule has 0 atom stereocenters. The van der Waals surface area contributed by atoms with Crippen LogP contribution in [0.3, 0.4) is 0 Å². The van der Waals surface area contributed by atoms with E-state index in [-0.39, 0.29) is 0 Å². The maximum absolute atomic E-state index is 3.03. The summed E-state index contributed by atoms with van der Waals surface area (Å²) >= 11 is 0. The molecule has 1 rings (SSSR count). The predicted octanol–water partition coefficient (Wildman–Crippen LogP) is 2.91. The van der Waals surface area contributed by atoms with Crippen molar-refractivity contribution in [3.8, 4) is 0 Å². The van der Waals surface area contributed by atoms with Crippen molar-refractivity contribution < 1.29 is 0 Å². The summed E-state index contributed by atoms with van der Waals surface area (Å²) in [4.78, 5) is 0. The minimum atomic E-state index is -0.912. The van der Waals surface area contributed by atoms with Crippen LogP contribution in [0.2, 0.25) is 19.6 Å². The largest absolute Gasteiger partial charge is 0.0693 e. The zero-order valence-corrected chi connectivity index (χ0v) is 8.52. The van der Waals surface area contributed by atoms with Crippen LogP contribution in [-0.2, 0) is 6.04 Å². The molecule has 0 aliphatic heterocycles. The van der Waals surface area contributed by atoms with Gasteiger partial charge in [-0.3, -0.25) is 0 Å². The lowest BCUT2D eigenvalue weighted by molar-refractivity contribution is 1.31. The van der Waals surface area contributed by atoms with Crippen molar-refractivity contribution in [3.63, 3.8) is 0 Å². The van der Waals surface area contributed by atoms with Gasteiger partial charge in [-0.2, -0.15) is 0 Å². The lowest BCUT2D eigenvalue weighted by Crippen LogP contribution is -2.23. The smallest absolute Gasteiger partial charge is 0.0487 e. The van der Waals surface area contributed by atoms with Crippen LogP contribution >= 0.6 is 0 Å². The van der Waals surface area contributed by atoms with E-state index in [2.05, 4.69) is 37.8 Å². The Hall–Kier alpha value is -0.563. The Morgan fingerprint density at radius 1 is 1.18 bits per heavy atom. The van der Waals surface area contributed by atoms with Gasteiger partial charge in [-0.1, -0.05) is 49.5 Å². The average molecular weight is 163 g/mol. The Labute approximate surface area is 70.3 Å². The first-order valence-electron chi connectivity index (χ1n) is 4.03. The lowest BCUT2D eigenvalue weighted by atomic mass is 10.2. The molecule has 1 aromatic rings. The normalized spacial score (nSPS) is 11.5. The van der Waals surface area contributed by atoms with Gasteiger partial charge in [0, 0.05) is 8.07 Å². The minimum absolute atomic E-state index is 0.912. The zero-order valence-electron chi connectivity index (χ0n) is 7.52. The molecule has 0 aromatic heterocycles. The molecule has 0 heterocycles. The van der Waals surface area contributed by atoms with Crippen molar-refractivity contribution in [2.45, 2.75) is 25.7 Å². The van der Waals surface area contributed by atoms with E-state index in [4.69, 9.17) is 0 Å². The molecule has 0 aliphatic carbocycles. The van der Waals surface area contributed by atoms with Crippen molar-refractivity contribution in [3.05, 3.63) is 35.9 Å². The van der Waals surface area contributed by atoms with Gasteiger partial charge in [0.25, 0.3) is 0 Å². The van der Waals surface area contributed by atoms with E-state index in [1.807, 2.05) is 12.1 Å². The Bertz CT molecular complexity index is 208. The van der Waals surface area contributed by atoms with E-state index < -0.39 is 8.07 Å². The van der Waals surface area contributed by atoms with Crippen molar-refractivity contribution in [1.82, 2.24) is 0 Å². The maximum Gasteiger partial charge on any atom is 0.0487 e. The quantitative estimate of drug-likeness (QED) is 0.588. The molecule has 0 fully saturated rings. The first kappa shape index (κ1) is 8.53. The fourth-order valence-electron chi connectivity index (χ4n) is 1.15. The monoisotopic (exact) mass is 163 g/mol. The minimum Gasteiger partial charge on any atom is -0.0693 e. The highest BCUT2D eigenvalue weighted by molar-refractivity contribution is 6.75. The molecule has 0 amide bonds. The number of hydrogen-bond donors (Lipinski definition) is 0. The first-order chi connectivity index (χ1) is 5.08. The summed E-state index contributed by atoms with van der Waals surface area (Å²) in [7, 11) is -0.912. The van der Waals surface area contributed by atoms with Crippen LogP contribution < -0.4 is 0 Å². The molecule has 0 saturated heterocycles. The predicted molar refractivity (Wildman–Crippen MR) is 52.3 cm³/mol. The summed E-state index contributed by atoms with van der Waals surface area (Å²) in [6, 6.07) is 12.6. The molecule has 0 nitrogen and oxygen atoms in total. The van der Waals surface area contributed by atoms with Crippen LogP contribution in [0.5, 0.6) is 0 Å². The summed E-state index contributed by atoms with van der Waals surface area (Å²) < 4.78 is 0. The first-order valence-corrected chi connectivity index (χ1v) is 7.74. The standard InChI is InChI=1S/C10H15Si/c1-11(2,3)9-10-7-5-4-6-8-10/h5-8H,9H2,1-3H3. The van der Waals surface area contributed by atoms with Gasteiger partial charge in [0.2, 0.25) is 0 Å². The third-order valence-corrected chi connectivity index (χ3v) is 2.99. The molecule has 59 valence electrons. The van der Waals surface area contributed by atoms with Crippen molar-refractivity contribution in [2.75, 3.05) is 0 Å². The van der Waals surface area contributed by atoms with Gasteiger partial charge in [-0.15, -0.1) is 0 Å². The lowest BCUT2D eigenvalue weighted by Gasteiger charge is -2.14. The van der Waals surface area contributed by atoms with Gasteiger partial charge < -0.3 is 0 Å². The van der Waals surface area contributed by atoms with Gasteiger partial charge in [0.15, 0.2) is 0 Å². The third kappa shape index (κ3) is 3.37. The molecule has 0 aliphatic rings. The van der Waals surface area contributed by atoms with Crippen LogP contribution in [0.25, 0.3) is 0 Å². The summed E-state index contributed by atoms with van der Waals surface area (Å²) in [5, 5.41) is 0. The van der Waals surface area contributed by atoms with E-state index >= 15 is 0 Å². The summed E-state index contributed by atoms with van der Waals surface area (Å²) in [6.45, 7) is 7.18. The van der Waals surface area contributed by atoms with Crippen LogP contribution in [0.4, 0.5) is 0 Å². The van der Waals surface area contributed by atoms with Crippen molar-refractivity contribution >= 4 is 8.07 Å². The van der Waals surface area contributed by atoms with Gasteiger partial charge in [0.05, 0.1) is 0 Å². The fraction of sp³-hybridized carbons (Fsp3) is 0.400. The molecule has 0 unspecified atom stereocenters. The molecule has 0 spiro atoms. The van der Waals surface area contributed by atoms with Crippen molar-refractivity contribution in [2.24, 2.45) is 0 Å². The highest BCUT2D eigenvalue weighted by atomic mass is 28.3. The van der Waals surface area contributed by atoms with E-state index in [1.165, 1.54) is 11.6 Å². The van der Waals surface area contributed by atoms with Gasteiger partial charge in [-0.25, -0.2) is 0 Å². The second-order valence-electron chi connectivity index (χ2n) is 4.15. The molecule has 1 heteroatoms. The molecular formula is C10H15Si. The second-order valence-corrected chi connectivity index (χ2v) is 9.62. The summed E-state index contributed by atoms with van der Waals surface area (Å²) in [5.41, 5.74) is 1.46. The molecule has 0 bridgehead atoms. The fourth-order valence-corrected chi connectivity index (χ4v) is 2.61. The Morgan fingerprint density at radius 2 is 1.73 bits per heavy atom. The molecule has 0 N–H and O–H groups in total. The Morgan fingerprint density at radius 3 is 2.18 bits per heavy atom. The van der Waals surface area contributed by atoms with Gasteiger partial charge >= 0.3 is 0 Å². The van der Waals surface area contributed by atoms with Gasteiger partial charge in [-0.05, 0) is 12.1 Å². The van der Waals surface area contributed by atoms with E-state index in [9.17, 15) is 0 Å². The Balaban J connectivity index is 2.66. The highest BCUT2D eigenvalue weighted by Crippen LogP contribution is 2.10. The van der Waals surface area contributed by atoms with Crippen LogP contribution in [0.15, 0.2) is 24.3 Å². The second kappa shape index (κ2) is 3.22. The summed E-state index contributed by atoms with van der Waals surface area (Å²) in [5.74, 6) is 0. The van der Waals surface area contributed by atoms with Crippen LogP contribution in [0.1, 0.15) is 5.56 Å². The molecule has 11 heavy (non-hydrogen) atoms. The van der Waals surface area contributed by atoms with E-state index in [0.717, 1.165) is 0 Å². The average Bonchev–Trinajstić information content (AvgIpc) is 1.85. The van der Waals surface area contributed by atoms with Crippen LogP contribution in [0, 0.1) is 6.07 Å². The van der Waals surface area contributed by atoms with Crippen molar-refractivity contribution in [1.29, 1.82) is 0 Å². The van der Waals surface area contributed by atoms with E-state index in [0.29, 0.717) is 0 Å². The molecule has 1 radical (unpaired) electrons. The number of hydrogen-bond acceptors (Lipinski definition) is 0.